The molecule has 0 saturated heterocycles. The van der Waals surface area contributed by atoms with E-state index in [-0.39, 0.29) is 6.04 Å². The van der Waals surface area contributed by atoms with Crippen molar-refractivity contribution >= 4 is 15.9 Å². The first kappa shape index (κ1) is 15.5. The van der Waals surface area contributed by atoms with Crippen molar-refractivity contribution in [3.63, 3.8) is 0 Å². The SMILES string of the molecule is CCC(C)(O)COc1cc(Br)ccc1C(C)NC. The molecular weight excluding hydrogens is 294 g/mol. The van der Waals surface area contributed by atoms with E-state index in [9.17, 15) is 5.11 Å². The minimum atomic E-state index is -0.789. The molecule has 2 N–H and O–H groups in total. The van der Waals surface area contributed by atoms with Crippen molar-refractivity contribution in [2.24, 2.45) is 0 Å². The summed E-state index contributed by atoms with van der Waals surface area (Å²) in [5.41, 5.74) is 0.301. The van der Waals surface area contributed by atoms with Crippen LogP contribution in [0, 0.1) is 0 Å². The Morgan fingerprint density at radius 3 is 2.72 bits per heavy atom. The number of ether oxygens (including phenoxy) is 1. The van der Waals surface area contributed by atoms with Gasteiger partial charge in [0, 0.05) is 16.1 Å². The molecule has 1 aromatic rings. The molecule has 0 aliphatic heterocycles. The molecule has 1 aromatic carbocycles. The van der Waals surface area contributed by atoms with Gasteiger partial charge in [-0.2, -0.15) is 0 Å². The number of aliphatic hydroxyl groups is 1. The fraction of sp³-hybridized carbons (Fsp3) is 0.571. The van der Waals surface area contributed by atoms with Crippen LogP contribution in [0.3, 0.4) is 0 Å². The van der Waals surface area contributed by atoms with Crippen LogP contribution in [-0.4, -0.2) is 24.4 Å². The number of hydrogen-bond acceptors (Lipinski definition) is 3. The second-order valence-corrected chi connectivity index (χ2v) is 5.75. The molecule has 0 saturated carbocycles. The van der Waals surface area contributed by atoms with Crippen molar-refractivity contribution in [2.75, 3.05) is 13.7 Å². The average Bonchev–Trinajstić information content (AvgIpc) is 2.36. The summed E-state index contributed by atoms with van der Waals surface area (Å²) in [7, 11) is 1.92. The summed E-state index contributed by atoms with van der Waals surface area (Å²) >= 11 is 3.44. The smallest absolute Gasteiger partial charge is 0.125 e. The lowest BCUT2D eigenvalue weighted by atomic mass is 10.0. The Morgan fingerprint density at radius 2 is 2.17 bits per heavy atom. The quantitative estimate of drug-likeness (QED) is 0.846. The molecule has 0 aliphatic rings. The van der Waals surface area contributed by atoms with Gasteiger partial charge < -0.3 is 15.2 Å². The van der Waals surface area contributed by atoms with Gasteiger partial charge in [0.15, 0.2) is 0 Å². The fourth-order valence-electron chi connectivity index (χ4n) is 1.48. The van der Waals surface area contributed by atoms with E-state index in [0.717, 1.165) is 15.8 Å². The Balaban J connectivity index is 2.89. The van der Waals surface area contributed by atoms with Gasteiger partial charge in [-0.05, 0) is 39.4 Å². The zero-order chi connectivity index (χ0) is 13.8. The van der Waals surface area contributed by atoms with Crippen LogP contribution in [0.5, 0.6) is 5.75 Å². The molecule has 0 radical (unpaired) electrons. The van der Waals surface area contributed by atoms with Gasteiger partial charge in [-0.1, -0.05) is 28.9 Å². The third-order valence-electron chi connectivity index (χ3n) is 3.18. The topological polar surface area (TPSA) is 41.5 Å². The summed E-state index contributed by atoms with van der Waals surface area (Å²) in [5, 5.41) is 13.2. The van der Waals surface area contributed by atoms with Crippen LogP contribution in [0.4, 0.5) is 0 Å². The van der Waals surface area contributed by atoms with Crippen LogP contribution in [0.1, 0.15) is 38.8 Å². The lowest BCUT2D eigenvalue weighted by molar-refractivity contribution is 0.00804. The van der Waals surface area contributed by atoms with Gasteiger partial charge in [0.1, 0.15) is 12.4 Å². The molecule has 1 rings (SSSR count). The highest BCUT2D eigenvalue weighted by atomic mass is 79.9. The molecule has 2 unspecified atom stereocenters. The molecule has 4 heteroatoms. The van der Waals surface area contributed by atoms with Gasteiger partial charge in [-0.3, -0.25) is 0 Å². The highest BCUT2D eigenvalue weighted by Gasteiger charge is 2.20. The second-order valence-electron chi connectivity index (χ2n) is 4.83. The van der Waals surface area contributed by atoms with Gasteiger partial charge in [0.2, 0.25) is 0 Å². The maximum absolute atomic E-state index is 9.99. The number of benzene rings is 1. The predicted molar refractivity (Wildman–Crippen MR) is 78.0 cm³/mol. The fourth-order valence-corrected chi connectivity index (χ4v) is 1.82. The highest BCUT2D eigenvalue weighted by Crippen LogP contribution is 2.29. The van der Waals surface area contributed by atoms with E-state index in [1.165, 1.54) is 0 Å². The molecule has 0 amide bonds. The third-order valence-corrected chi connectivity index (χ3v) is 3.67. The summed E-state index contributed by atoms with van der Waals surface area (Å²) in [4.78, 5) is 0. The first-order chi connectivity index (χ1) is 8.39. The zero-order valence-corrected chi connectivity index (χ0v) is 13.0. The first-order valence-corrected chi connectivity index (χ1v) is 7.01. The summed E-state index contributed by atoms with van der Waals surface area (Å²) < 4.78 is 6.75. The number of hydrogen-bond donors (Lipinski definition) is 2. The van der Waals surface area contributed by atoms with Gasteiger partial charge in [0.25, 0.3) is 0 Å². The summed E-state index contributed by atoms with van der Waals surface area (Å²) in [6, 6.07) is 6.17. The van der Waals surface area contributed by atoms with E-state index >= 15 is 0 Å². The van der Waals surface area contributed by atoms with Crippen molar-refractivity contribution in [3.8, 4) is 5.75 Å². The number of rotatable bonds is 6. The van der Waals surface area contributed by atoms with Gasteiger partial charge in [-0.25, -0.2) is 0 Å². The van der Waals surface area contributed by atoms with E-state index < -0.39 is 5.60 Å². The van der Waals surface area contributed by atoms with Crippen LogP contribution < -0.4 is 10.1 Å². The van der Waals surface area contributed by atoms with Crippen molar-refractivity contribution in [3.05, 3.63) is 28.2 Å². The lowest BCUT2D eigenvalue weighted by Gasteiger charge is -2.24. The Bertz CT molecular complexity index is 393. The Hall–Kier alpha value is -0.580. The Labute approximate surface area is 118 Å². The van der Waals surface area contributed by atoms with Crippen molar-refractivity contribution in [1.82, 2.24) is 5.32 Å². The summed E-state index contributed by atoms with van der Waals surface area (Å²) in [6.07, 6.45) is 0.665. The molecule has 18 heavy (non-hydrogen) atoms. The van der Waals surface area contributed by atoms with E-state index in [0.29, 0.717) is 13.0 Å². The normalized spacial score (nSPS) is 16.1. The van der Waals surface area contributed by atoms with Crippen LogP contribution in [0.2, 0.25) is 0 Å². The molecule has 102 valence electrons. The monoisotopic (exact) mass is 315 g/mol. The second kappa shape index (κ2) is 6.55. The van der Waals surface area contributed by atoms with Crippen molar-refractivity contribution < 1.29 is 9.84 Å². The number of nitrogens with one attached hydrogen (secondary N) is 1. The van der Waals surface area contributed by atoms with Crippen LogP contribution in [0.15, 0.2) is 22.7 Å². The van der Waals surface area contributed by atoms with Crippen LogP contribution in [-0.2, 0) is 0 Å². The van der Waals surface area contributed by atoms with Crippen molar-refractivity contribution in [2.45, 2.75) is 38.8 Å². The molecule has 2 atom stereocenters. The minimum absolute atomic E-state index is 0.208. The summed E-state index contributed by atoms with van der Waals surface area (Å²) in [6.45, 7) is 6.10. The zero-order valence-electron chi connectivity index (χ0n) is 11.5. The molecule has 0 bridgehead atoms. The molecule has 0 fully saturated rings. The van der Waals surface area contributed by atoms with Gasteiger partial charge in [0.05, 0.1) is 5.60 Å². The standard InChI is InChI=1S/C14H22BrNO2/c1-5-14(3,17)9-18-13-8-11(15)6-7-12(13)10(2)16-4/h6-8,10,16-17H,5,9H2,1-4H3. The Morgan fingerprint density at radius 1 is 1.50 bits per heavy atom. The maximum Gasteiger partial charge on any atom is 0.125 e. The van der Waals surface area contributed by atoms with E-state index in [4.69, 9.17) is 4.74 Å². The maximum atomic E-state index is 9.99. The molecular formula is C14H22BrNO2. The third kappa shape index (κ3) is 4.26. The van der Waals surface area contributed by atoms with Crippen LogP contribution in [0.25, 0.3) is 0 Å². The van der Waals surface area contributed by atoms with Crippen LogP contribution >= 0.6 is 15.9 Å². The van der Waals surface area contributed by atoms with E-state index in [2.05, 4.69) is 28.2 Å². The highest BCUT2D eigenvalue weighted by molar-refractivity contribution is 9.10. The van der Waals surface area contributed by atoms with E-state index in [1.54, 1.807) is 6.92 Å². The van der Waals surface area contributed by atoms with E-state index in [1.807, 2.05) is 32.2 Å². The first-order valence-electron chi connectivity index (χ1n) is 6.21. The lowest BCUT2D eigenvalue weighted by Crippen LogP contribution is -2.31. The molecule has 0 spiro atoms. The predicted octanol–water partition coefficient (Wildman–Crippen LogP) is 3.27. The largest absolute Gasteiger partial charge is 0.490 e. The molecule has 0 aromatic heterocycles. The minimum Gasteiger partial charge on any atom is -0.490 e. The van der Waals surface area contributed by atoms with Gasteiger partial charge >= 0.3 is 0 Å². The van der Waals surface area contributed by atoms with Crippen molar-refractivity contribution in [1.29, 1.82) is 0 Å². The molecule has 0 aliphatic carbocycles. The van der Waals surface area contributed by atoms with Gasteiger partial charge in [-0.15, -0.1) is 0 Å². The number of halogens is 1. The molecule has 3 nitrogen and oxygen atoms in total. The Kier molecular flexibility index (Phi) is 5.63. The average molecular weight is 316 g/mol. The summed E-state index contributed by atoms with van der Waals surface area (Å²) in [5.74, 6) is 0.806. The molecule has 0 heterocycles.